The molecule has 2 rings (SSSR count). The number of hydrogen-bond donors (Lipinski definition) is 3. The summed E-state index contributed by atoms with van der Waals surface area (Å²) in [7, 11) is 1.98. The molecule has 1 aliphatic heterocycles. The number of aromatic nitrogens is 1. The molecule has 106 valence electrons. The van der Waals surface area contributed by atoms with Gasteiger partial charge < -0.3 is 9.84 Å². The number of hydrazine groups is 1. The zero-order valence-corrected chi connectivity index (χ0v) is 11.2. The molecule has 4 N–H and O–H groups in total. The van der Waals surface area contributed by atoms with Crippen molar-refractivity contribution in [3.8, 4) is 0 Å². The Hall–Kier alpha value is -1.44. The zero-order chi connectivity index (χ0) is 13.7. The van der Waals surface area contributed by atoms with Gasteiger partial charge in [0.15, 0.2) is 11.5 Å². The lowest BCUT2D eigenvalue weighted by atomic mass is 9.98. The number of likely N-dealkylation sites (tertiary alicyclic amines) is 1. The van der Waals surface area contributed by atoms with E-state index < -0.39 is 5.91 Å². The molecule has 1 saturated heterocycles. The molecule has 19 heavy (non-hydrogen) atoms. The van der Waals surface area contributed by atoms with Crippen LogP contribution in [0.3, 0.4) is 0 Å². The Morgan fingerprint density at radius 2 is 2.53 bits per heavy atom. The first-order chi connectivity index (χ1) is 9.22. The van der Waals surface area contributed by atoms with Gasteiger partial charge in [-0.3, -0.25) is 15.1 Å². The molecule has 1 aromatic rings. The Labute approximate surface area is 112 Å². The number of carbonyl (C=O) groups excluding carboxylic acids is 1. The van der Waals surface area contributed by atoms with Crippen LogP contribution in [0, 0.1) is 5.92 Å². The van der Waals surface area contributed by atoms with E-state index in [1.54, 1.807) is 6.07 Å². The fourth-order valence-electron chi connectivity index (χ4n) is 2.54. The highest BCUT2D eigenvalue weighted by Gasteiger charge is 2.21. The van der Waals surface area contributed by atoms with Crippen LogP contribution in [0.1, 0.15) is 29.1 Å². The first-order valence-corrected chi connectivity index (χ1v) is 6.56. The largest absolute Gasteiger partial charge is 0.359 e. The predicted octanol–water partition coefficient (Wildman–Crippen LogP) is -0.290. The van der Waals surface area contributed by atoms with E-state index in [0.717, 1.165) is 19.6 Å². The molecule has 1 atom stereocenters. The molecule has 1 aliphatic rings. The van der Waals surface area contributed by atoms with Crippen LogP contribution in [0.25, 0.3) is 0 Å². The van der Waals surface area contributed by atoms with Crippen molar-refractivity contribution >= 4 is 5.91 Å². The summed E-state index contributed by atoms with van der Waals surface area (Å²) >= 11 is 0. The topological polar surface area (TPSA) is 96.4 Å². The third kappa shape index (κ3) is 3.76. The number of nitrogens with two attached hydrogens (primary N) is 1. The lowest BCUT2D eigenvalue weighted by Gasteiger charge is -2.31. The van der Waals surface area contributed by atoms with E-state index in [4.69, 9.17) is 10.4 Å². The molecule has 0 bridgehead atoms. The maximum atomic E-state index is 11.3. The van der Waals surface area contributed by atoms with E-state index in [9.17, 15) is 4.79 Å². The second-order valence-corrected chi connectivity index (χ2v) is 4.95. The van der Waals surface area contributed by atoms with E-state index in [1.165, 1.54) is 12.8 Å². The minimum absolute atomic E-state index is 0.223. The van der Waals surface area contributed by atoms with Gasteiger partial charge in [0, 0.05) is 12.6 Å². The maximum absolute atomic E-state index is 11.3. The number of nitrogens with one attached hydrogen (secondary N) is 2. The number of nitrogens with zero attached hydrogens (tertiary/aromatic N) is 2. The van der Waals surface area contributed by atoms with Crippen molar-refractivity contribution in [2.75, 3.05) is 26.7 Å². The number of carbonyl (C=O) groups is 1. The van der Waals surface area contributed by atoms with Gasteiger partial charge in [-0.15, -0.1) is 0 Å². The number of rotatable bonds is 5. The molecule has 7 heteroatoms. The van der Waals surface area contributed by atoms with Crippen LogP contribution >= 0.6 is 0 Å². The van der Waals surface area contributed by atoms with Crippen molar-refractivity contribution in [2.24, 2.45) is 11.8 Å². The summed E-state index contributed by atoms with van der Waals surface area (Å²) in [6.07, 6.45) is 2.45. The number of piperidine rings is 1. The SMILES string of the molecule is CNCC1CCCN(Cc2cc(C(=O)NN)no2)C1. The van der Waals surface area contributed by atoms with Crippen LogP contribution in [-0.2, 0) is 6.54 Å². The summed E-state index contributed by atoms with van der Waals surface area (Å²) < 4.78 is 5.16. The number of nitrogen functional groups attached to an aromatic ring is 1. The Balaban J connectivity index is 1.89. The van der Waals surface area contributed by atoms with Gasteiger partial charge in [0.25, 0.3) is 5.91 Å². The highest BCUT2D eigenvalue weighted by Crippen LogP contribution is 2.18. The number of amides is 1. The van der Waals surface area contributed by atoms with Crippen molar-refractivity contribution in [3.05, 3.63) is 17.5 Å². The fraction of sp³-hybridized carbons (Fsp3) is 0.667. The highest BCUT2D eigenvalue weighted by atomic mass is 16.5. The Bertz CT molecular complexity index is 418. The van der Waals surface area contributed by atoms with Gasteiger partial charge >= 0.3 is 0 Å². The van der Waals surface area contributed by atoms with Gasteiger partial charge in [-0.1, -0.05) is 5.16 Å². The number of hydrogen-bond acceptors (Lipinski definition) is 6. The average Bonchev–Trinajstić information content (AvgIpc) is 2.87. The van der Waals surface area contributed by atoms with E-state index >= 15 is 0 Å². The third-order valence-electron chi connectivity index (χ3n) is 3.40. The molecule has 1 fully saturated rings. The van der Waals surface area contributed by atoms with Gasteiger partial charge in [-0.25, -0.2) is 5.84 Å². The second-order valence-electron chi connectivity index (χ2n) is 4.95. The summed E-state index contributed by atoms with van der Waals surface area (Å²) in [5.41, 5.74) is 2.26. The van der Waals surface area contributed by atoms with Gasteiger partial charge in [0.2, 0.25) is 0 Å². The lowest BCUT2D eigenvalue weighted by molar-refractivity contribution is 0.0944. The molecular weight excluding hydrogens is 246 g/mol. The average molecular weight is 267 g/mol. The second kappa shape index (κ2) is 6.65. The first kappa shape index (κ1) is 14.0. The highest BCUT2D eigenvalue weighted by molar-refractivity contribution is 5.91. The summed E-state index contributed by atoms with van der Waals surface area (Å²) in [5.74, 6) is 5.99. The van der Waals surface area contributed by atoms with E-state index in [-0.39, 0.29) is 5.69 Å². The summed E-state index contributed by atoms with van der Waals surface area (Å²) in [6.45, 7) is 3.82. The first-order valence-electron chi connectivity index (χ1n) is 6.56. The molecule has 0 aromatic carbocycles. The van der Waals surface area contributed by atoms with Crippen LogP contribution in [-0.4, -0.2) is 42.6 Å². The molecular formula is C12H21N5O2. The standard InChI is InChI=1S/C12H21N5O2/c1-14-6-9-3-2-4-17(7-9)8-10-5-11(16-19-10)12(18)15-13/h5,9,14H,2-4,6-8,13H2,1H3,(H,15,18). The van der Waals surface area contributed by atoms with Crippen molar-refractivity contribution in [3.63, 3.8) is 0 Å². The maximum Gasteiger partial charge on any atom is 0.287 e. The molecule has 0 spiro atoms. The van der Waals surface area contributed by atoms with Crippen LogP contribution in [0.4, 0.5) is 0 Å². The van der Waals surface area contributed by atoms with Gasteiger partial charge in [0.1, 0.15) is 0 Å². The predicted molar refractivity (Wildman–Crippen MR) is 70.1 cm³/mol. The van der Waals surface area contributed by atoms with Gasteiger partial charge in [0.05, 0.1) is 6.54 Å². The monoisotopic (exact) mass is 267 g/mol. The van der Waals surface area contributed by atoms with Crippen molar-refractivity contribution in [2.45, 2.75) is 19.4 Å². The molecule has 0 saturated carbocycles. The van der Waals surface area contributed by atoms with Crippen molar-refractivity contribution in [1.29, 1.82) is 0 Å². The van der Waals surface area contributed by atoms with Crippen molar-refractivity contribution < 1.29 is 9.32 Å². The molecule has 1 unspecified atom stereocenters. The Morgan fingerprint density at radius 3 is 3.26 bits per heavy atom. The lowest BCUT2D eigenvalue weighted by Crippen LogP contribution is -2.38. The normalized spacial score (nSPS) is 20.4. The molecule has 7 nitrogen and oxygen atoms in total. The van der Waals surface area contributed by atoms with Crippen LogP contribution < -0.4 is 16.6 Å². The smallest absolute Gasteiger partial charge is 0.287 e. The molecule has 1 amide bonds. The minimum Gasteiger partial charge on any atom is -0.359 e. The van der Waals surface area contributed by atoms with Gasteiger partial charge in [-0.2, -0.15) is 0 Å². The summed E-state index contributed by atoms with van der Waals surface area (Å²) in [6, 6.07) is 1.64. The van der Waals surface area contributed by atoms with Crippen LogP contribution in [0.2, 0.25) is 0 Å². The van der Waals surface area contributed by atoms with Crippen LogP contribution in [0.15, 0.2) is 10.6 Å². The summed E-state index contributed by atoms with van der Waals surface area (Å²) in [5, 5.41) is 6.92. The Kier molecular flexibility index (Phi) is 4.89. The zero-order valence-electron chi connectivity index (χ0n) is 11.2. The van der Waals surface area contributed by atoms with E-state index in [2.05, 4.69) is 15.4 Å². The third-order valence-corrected chi connectivity index (χ3v) is 3.40. The Morgan fingerprint density at radius 1 is 1.68 bits per heavy atom. The molecule has 0 radical (unpaired) electrons. The van der Waals surface area contributed by atoms with Crippen molar-refractivity contribution in [1.82, 2.24) is 20.8 Å². The van der Waals surface area contributed by atoms with Gasteiger partial charge in [-0.05, 0) is 38.9 Å². The summed E-state index contributed by atoms with van der Waals surface area (Å²) in [4.78, 5) is 13.6. The fourth-order valence-corrected chi connectivity index (χ4v) is 2.54. The van der Waals surface area contributed by atoms with E-state index in [1.807, 2.05) is 12.5 Å². The molecule has 2 heterocycles. The minimum atomic E-state index is -0.429. The van der Waals surface area contributed by atoms with Crippen LogP contribution in [0.5, 0.6) is 0 Å². The quantitative estimate of drug-likeness (QED) is 0.385. The molecule has 0 aliphatic carbocycles. The molecule has 1 aromatic heterocycles. The van der Waals surface area contributed by atoms with E-state index in [0.29, 0.717) is 18.2 Å².